The molecule has 0 spiro atoms. The molecule has 0 bridgehead atoms. The van der Waals surface area contributed by atoms with E-state index in [4.69, 9.17) is 13.6 Å². The molecule has 5 heteroatoms. The standard InChI is InChI=1S/C28H35O4P/c1-4-28(2,3)27-19-17-24(18-20-27)16-11-21-30-33(29,31-22-25-12-7-5-8-13-25)32-23-26-14-9-6-10-15-26/h5-10,12-15,17-20H,4,11,16,21-23H2,1-3H3. The zero-order valence-electron chi connectivity index (χ0n) is 19.9. The van der Waals surface area contributed by atoms with Gasteiger partial charge in [0, 0.05) is 0 Å². The maximum absolute atomic E-state index is 13.3. The van der Waals surface area contributed by atoms with Crippen LogP contribution in [0.1, 0.15) is 55.9 Å². The molecule has 3 aromatic rings. The molecule has 3 rings (SSSR count). The summed E-state index contributed by atoms with van der Waals surface area (Å²) in [6, 6.07) is 28.0. The molecule has 0 fully saturated rings. The zero-order valence-corrected chi connectivity index (χ0v) is 20.8. The molecule has 176 valence electrons. The minimum absolute atomic E-state index is 0.168. The van der Waals surface area contributed by atoms with Gasteiger partial charge in [-0.15, -0.1) is 0 Å². The van der Waals surface area contributed by atoms with Gasteiger partial charge in [-0.2, -0.15) is 0 Å². The van der Waals surface area contributed by atoms with E-state index in [-0.39, 0.29) is 18.6 Å². The monoisotopic (exact) mass is 466 g/mol. The molecule has 0 aliphatic heterocycles. The van der Waals surface area contributed by atoms with Crippen molar-refractivity contribution in [3.63, 3.8) is 0 Å². The first-order valence-electron chi connectivity index (χ1n) is 11.6. The lowest BCUT2D eigenvalue weighted by atomic mass is 9.82. The fourth-order valence-corrected chi connectivity index (χ4v) is 4.54. The Morgan fingerprint density at radius 3 is 1.70 bits per heavy atom. The van der Waals surface area contributed by atoms with Gasteiger partial charge in [0.2, 0.25) is 0 Å². The Morgan fingerprint density at radius 2 is 1.21 bits per heavy atom. The molecule has 0 saturated carbocycles. The smallest absolute Gasteiger partial charge is 0.287 e. The third-order valence-corrected chi connectivity index (χ3v) is 7.33. The topological polar surface area (TPSA) is 44.8 Å². The molecule has 0 aromatic heterocycles. The number of hydrogen-bond donors (Lipinski definition) is 0. The summed E-state index contributed by atoms with van der Waals surface area (Å²) in [4.78, 5) is 0. The lowest BCUT2D eigenvalue weighted by molar-refractivity contribution is 0.102. The molecule has 0 N–H and O–H groups in total. The van der Waals surface area contributed by atoms with E-state index >= 15 is 0 Å². The highest BCUT2D eigenvalue weighted by Gasteiger charge is 2.27. The Kier molecular flexibility index (Phi) is 9.46. The fraction of sp³-hybridized carbons (Fsp3) is 0.357. The van der Waals surface area contributed by atoms with Crippen LogP contribution in [-0.2, 0) is 43.2 Å². The van der Waals surface area contributed by atoms with Crippen LogP contribution in [0.15, 0.2) is 84.9 Å². The van der Waals surface area contributed by atoms with Crippen molar-refractivity contribution in [2.24, 2.45) is 0 Å². The van der Waals surface area contributed by atoms with E-state index in [9.17, 15) is 4.57 Å². The van der Waals surface area contributed by atoms with Crippen LogP contribution in [0.25, 0.3) is 0 Å². The fourth-order valence-electron chi connectivity index (χ4n) is 3.35. The van der Waals surface area contributed by atoms with Gasteiger partial charge in [0.15, 0.2) is 0 Å². The highest BCUT2D eigenvalue weighted by molar-refractivity contribution is 7.48. The molecule has 0 unspecified atom stereocenters. The van der Waals surface area contributed by atoms with Crippen LogP contribution < -0.4 is 0 Å². The van der Waals surface area contributed by atoms with Gasteiger partial charge in [-0.3, -0.25) is 13.6 Å². The van der Waals surface area contributed by atoms with Gasteiger partial charge >= 0.3 is 7.82 Å². The third-order valence-electron chi connectivity index (χ3n) is 5.94. The SMILES string of the molecule is CCC(C)(C)c1ccc(CCCOP(=O)(OCc2ccccc2)OCc2ccccc2)cc1. The van der Waals surface area contributed by atoms with Crippen molar-refractivity contribution in [1.82, 2.24) is 0 Å². The van der Waals surface area contributed by atoms with Crippen molar-refractivity contribution in [1.29, 1.82) is 0 Å². The van der Waals surface area contributed by atoms with Gasteiger partial charge in [0.05, 0.1) is 19.8 Å². The number of aryl methyl sites for hydroxylation is 1. The first-order chi connectivity index (χ1) is 15.9. The summed E-state index contributed by atoms with van der Waals surface area (Å²) in [6.07, 6.45) is 2.66. The predicted molar refractivity (Wildman–Crippen MR) is 134 cm³/mol. The van der Waals surface area contributed by atoms with Gasteiger partial charge in [-0.25, -0.2) is 4.57 Å². The van der Waals surface area contributed by atoms with Gasteiger partial charge in [0.25, 0.3) is 0 Å². The maximum atomic E-state index is 13.3. The Hall–Kier alpha value is -2.23. The van der Waals surface area contributed by atoms with Crippen LogP contribution in [0, 0.1) is 0 Å². The van der Waals surface area contributed by atoms with E-state index in [0.717, 1.165) is 30.4 Å². The van der Waals surface area contributed by atoms with Gasteiger partial charge in [-0.05, 0) is 46.9 Å². The molecule has 0 saturated heterocycles. The largest absolute Gasteiger partial charge is 0.475 e. The van der Waals surface area contributed by atoms with Crippen molar-refractivity contribution < 1.29 is 18.1 Å². The Balaban J connectivity index is 1.54. The van der Waals surface area contributed by atoms with Crippen molar-refractivity contribution in [2.45, 2.75) is 58.7 Å². The predicted octanol–water partition coefficient (Wildman–Crippen LogP) is 7.87. The summed E-state index contributed by atoms with van der Waals surface area (Å²) in [7, 11) is -3.71. The van der Waals surface area contributed by atoms with Gasteiger partial charge in [-0.1, -0.05) is 106 Å². The Labute approximate surface area is 198 Å². The summed E-state index contributed by atoms with van der Waals surface area (Å²) >= 11 is 0. The van der Waals surface area contributed by atoms with Crippen LogP contribution in [0.2, 0.25) is 0 Å². The number of benzene rings is 3. The van der Waals surface area contributed by atoms with E-state index < -0.39 is 7.82 Å². The van der Waals surface area contributed by atoms with Crippen molar-refractivity contribution in [2.75, 3.05) is 6.61 Å². The van der Waals surface area contributed by atoms with E-state index in [0.29, 0.717) is 6.61 Å². The number of phosphoric acid groups is 1. The highest BCUT2D eigenvalue weighted by atomic mass is 31.2. The Morgan fingerprint density at radius 1 is 0.697 bits per heavy atom. The first-order valence-corrected chi connectivity index (χ1v) is 13.1. The van der Waals surface area contributed by atoms with Crippen molar-refractivity contribution in [3.8, 4) is 0 Å². The number of hydrogen-bond acceptors (Lipinski definition) is 4. The Bertz CT molecular complexity index is 954. The lowest BCUT2D eigenvalue weighted by Crippen LogP contribution is -2.15. The van der Waals surface area contributed by atoms with Crippen LogP contribution in [0.3, 0.4) is 0 Å². The molecule has 0 amide bonds. The molecule has 0 aliphatic rings. The minimum Gasteiger partial charge on any atom is -0.287 e. The van der Waals surface area contributed by atoms with Crippen LogP contribution >= 0.6 is 7.82 Å². The van der Waals surface area contributed by atoms with Crippen LogP contribution in [-0.4, -0.2) is 6.61 Å². The summed E-state index contributed by atoms with van der Waals surface area (Å²) in [6.45, 7) is 7.37. The zero-order chi connectivity index (χ0) is 23.6. The molecular weight excluding hydrogens is 431 g/mol. The van der Waals surface area contributed by atoms with E-state index in [1.54, 1.807) is 0 Å². The average molecular weight is 467 g/mol. The van der Waals surface area contributed by atoms with Gasteiger partial charge < -0.3 is 0 Å². The molecule has 0 heterocycles. The maximum Gasteiger partial charge on any atom is 0.475 e. The third kappa shape index (κ3) is 8.24. The molecule has 3 aromatic carbocycles. The molecule has 0 atom stereocenters. The number of phosphoric ester groups is 1. The summed E-state index contributed by atoms with van der Waals surface area (Å²) in [5.41, 5.74) is 4.59. The molecule has 0 aliphatic carbocycles. The quantitative estimate of drug-likeness (QED) is 0.190. The van der Waals surface area contributed by atoms with Crippen LogP contribution in [0.4, 0.5) is 0 Å². The average Bonchev–Trinajstić information content (AvgIpc) is 2.86. The number of rotatable bonds is 13. The van der Waals surface area contributed by atoms with E-state index in [1.807, 2.05) is 60.7 Å². The molecule has 0 radical (unpaired) electrons. The second kappa shape index (κ2) is 12.3. The second-order valence-electron chi connectivity index (χ2n) is 8.84. The normalized spacial score (nSPS) is 12.1. The van der Waals surface area contributed by atoms with E-state index in [1.165, 1.54) is 11.1 Å². The molecular formula is C28H35O4P. The molecule has 33 heavy (non-hydrogen) atoms. The minimum atomic E-state index is -3.71. The lowest BCUT2D eigenvalue weighted by Gasteiger charge is -2.23. The van der Waals surface area contributed by atoms with Crippen LogP contribution in [0.5, 0.6) is 0 Å². The van der Waals surface area contributed by atoms with Gasteiger partial charge in [0.1, 0.15) is 0 Å². The van der Waals surface area contributed by atoms with E-state index in [2.05, 4.69) is 45.0 Å². The molecule has 4 nitrogen and oxygen atoms in total. The second-order valence-corrected chi connectivity index (χ2v) is 10.5. The van der Waals surface area contributed by atoms with Crippen molar-refractivity contribution in [3.05, 3.63) is 107 Å². The highest BCUT2D eigenvalue weighted by Crippen LogP contribution is 2.51. The first kappa shape index (κ1) is 25.4. The van der Waals surface area contributed by atoms with Crippen molar-refractivity contribution >= 4 is 7.82 Å². The summed E-state index contributed by atoms with van der Waals surface area (Å²) in [5, 5.41) is 0. The summed E-state index contributed by atoms with van der Waals surface area (Å²) < 4.78 is 30.3. The summed E-state index contributed by atoms with van der Waals surface area (Å²) in [5.74, 6) is 0.